The number of aromatic nitrogens is 2. The first-order valence-electron chi connectivity index (χ1n) is 7.44. The van der Waals surface area contributed by atoms with Gasteiger partial charge in [0.25, 0.3) is 0 Å². The molecule has 1 fully saturated rings. The highest BCUT2D eigenvalue weighted by Crippen LogP contribution is 2.31. The molecular weight excluding hydrogens is 310 g/mol. The first-order valence-corrected chi connectivity index (χ1v) is 9.64. The summed E-state index contributed by atoms with van der Waals surface area (Å²) >= 11 is 6.38. The quantitative estimate of drug-likeness (QED) is 0.860. The summed E-state index contributed by atoms with van der Waals surface area (Å²) in [6.07, 6.45) is 1.53. The van der Waals surface area contributed by atoms with E-state index in [1.807, 2.05) is 25.6 Å². The van der Waals surface area contributed by atoms with E-state index in [4.69, 9.17) is 11.6 Å². The van der Waals surface area contributed by atoms with Crippen molar-refractivity contribution in [3.63, 3.8) is 0 Å². The van der Waals surface area contributed by atoms with E-state index in [0.29, 0.717) is 11.5 Å². The lowest BCUT2D eigenvalue weighted by Gasteiger charge is -2.23. The Morgan fingerprint density at radius 3 is 2.76 bits per heavy atom. The Kier molecular flexibility index (Phi) is 5.33. The Hall–Kier alpha value is -0.590. The van der Waals surface area contributed by atoms with Gasteiger partial charge in [-0.05, 0) is 52.1 Å². The first kappa shape index (κ1) is 16.8. The summed E-state index contributed by atoms with van der Waals surface area (Å²) in [6, 6.07) is 0. The molecule has 1 aliphatic rings. The van der Waals surface area contributed by atoms with Gasteiger partial charge in [-0.1, -0.05) is 11.6 Å². The van der Waals surface area contributed by atoms with Gasteiger partial charge in [-0.2, -0.15) is 5.10 Å². The fourth-order valence-electron chi connectivity index (χ4n) is 3.18. The number of nitrogens with one attached hydrogen (secondary N) is 1. The van der Waals surface area contributed by atoms with Crippen molar-refractivity contribution in [3.05, 3.63) is 16.4 Å². The third kappa shape index (κ3) is 3.79. The molecule has 1 N–H and O–H groups in total. The largest absolute Gasteiger partial charge is 0.319 e. The van der Waals surface area contributed by atoms with Crippen LogP contribution < -0.4 is 5.32 Å². The van der Waals surface area contributed by atoms with Crippen molar-refractivity contribution in [2.45, 2.75) is 33.2 Å². The van der Waals surface area contributed by atoms with Crippen molar-refractivity contribution in [1.29, 1.82) is 0 Å². The minimum atomic E-state index is -2.85. The minimum absolute atomic E-state index is 0.207. The zero-order valence-electron chi connectivity index (χ0n) is 12.9. The molecular formula is C14H24ClN3O2S. The monoisotopic (exact) mass is 333 g/mol. The van der Waals surface area contributed by atoms with E-state index in [1.165, 1.54) is 0 Å². The molecule has 1 aliphatic heterocycles. The third-order valence-corrected chi connectivity index (χ3v) is 6.59. The molecule has 2 rings (SSSR count). The highest BCUT2D eigenvalue weighted by atomic mass is 35.5. The van der Waals surface area contributed by atoms with Gasteiger partial charge in [0.05, 0.1) is 27.9 Å². The van der Waals surface area contributed by atoms with E-state index in [-0.39, 0.29) is 11.8 Å². The molecule has 0 aliphatic carbocycles. The predicted octanol–water partition coefficient (Wildman–Crippen LogP) is 1.68. The maximum atomic E-state index is 11.7. The number of nitrogens with zero attached hydrogens (tertiary/aromatic N) is 2. The fourth-order valence-corrected chi connectivity index (χ4v) is 5.31. The molecule has 5 nitrogen and oxygen atoms in total. The molecule has 0 aromatic carbocycles. The molecule has 0 saturated carbocycles. The third-order valence-electron chi connectivity index (χ3n) is 4.31. The van der Waals surface area contributed by atoms with E-state index in [2.05, 4.69) is 10.4 Å². The standard InChI is InChI=1S/C14H24ClN3O2S/c1-4-18-13(14(15)10(2)17-18)7-12(8-16-3)11-5-6-21(19,20)9-11/h11-12,16H,4-9H2,1-3H3. The van der Waals surface area contributed by atoms with Crippen molar-refractivity contribution in [2.75, 3.05) is 25.1 Å². The number of hydrogen-bond donors (Lipinski definition) is 1. The number of hydrogen-bond acceptors (Lipinski definition) is 4. The van der Waals surface area contributed by atoms with Crippen LogP contribution in [0.2, 0.25) is 5.02 Å². The van der Waals surface area contributed by atoms with Crippen LogP contribution in [0.25, 0.3) is 0 Å². The summed E-state index contributed by atoms with van der Waals surface area (Å²) in [5.41, 5.74) is 1.87. The molecule has 2 heterocycles. The van der Waals surface area contributed by atoms with Crippen LogP contribution in [-0.4, -0.2) is 43.3 Å². The molecule has 0 spiro atoms. The Labute approximate surface area is 132 Å². The summed E-state index contributed by atoms with van der Waals surface area (Å²) in [5.74, 6) is 1.10. The van der Waals surface area contributed by atoms with Gasteiger partial charge in [0.2, 0.25) is 0 Å². The zero-order chi connectivity index (χ0) is 15.6. The van der Waals surface area contributed by atoms with Crippen molar-refractivity contribution >= 4 is 21.4 Å². The van der Waals surface area contributed by atoms with Gasteiger partial charge in [-0.3, -0.25) is 4.68 Å². The molecule has 21 heavy (non-hydrogen) atoms. The van der Waals surface area contributed by atoms with Crippen molar-refractivity contribution in [1.82, 2.24) is 15.1 Å². The molecule has 2 unspecified atom stereocenters. The lowest BCUT2D eigenvalue weighted by molar-refractivity contribution is 0.343. The van der Waals surface area contributed by atoms with Crippen LogP contribution in [0.1, 0.15) is 24.7 Å². The molecule has 120 valence electrons. The number of aryl methyl sites for hydroxylation is 2. The second kappa shape index (κ2) is 6.67. The van der Waals surface area contributed by atoms with Crippen LogP contribution in [0, 0.1) is 18.8 Å². The summed E-state index contributed by atoms with van der Waals surface area (Å²) in [6.45, 7) is 5.52. The molecule has 7 heteroatoms. The van der Waals surface area contributed by atoms with Gasteiger partial charge >= 0.3 is 0 Å². The predicted molar refractivity (Wildman–Crippen MR) is 85.5 cm³/mol. The van der Waals surface area contributed by atoms with E-state index in [0.717, 1.165) is 42.3 Å². The Morgan fingerprint density at radius 2 is 2.24 bits per heavy atom. The van der Waals surface area contributed by atoms with Crippen LogP contribution in [0.3, 0.4) is 0 Å². The SMILES string of the molecule is CCn1nc(C)c(Cl)c1CC(CNC)C1CCS(=O)(=O)C1. The van der Waals surface area contributed by atoms with E-state index < -0.39 is 9.84 Å². The van der Waals surface area contributed by atoms with E-state index >= 15 is 0 Å². The van der Waals surface area contributed by atoms with Gasteiger partial charge in [0, 0.05) is 6.54 Å². The van der Waals surface area contributed by atoms with Crippen LogP contribution in [0.4, 0.5) is 0 Å². The Morgan fingerprint density at radius 1 is 1.52 bits per heavy atom. The molecule has 2 atom stereocenters. The number of halogens is 1. The second-order valence-electron chi connectivity index (χ2n) is 5.85. The van der Waals surface area contributed by atoms with Crippen molar-refractivity contribution < 1.29 is 8.42 Å². The lowest BCUT2D eigenvalue weighted by Crippen LogP contribution is -2.29. The maximum absolute atomic E-state index is 11.7. The van der Waals surface area contributed by atoms with Crippen LogP contribution in [0.5, 0.6) is 0 Å². The molecule has 1 aromatic heterocycles. The molecule has 0 amide bonds. The van der Waals surface area contributed by atoms with Crippen molar-refractivity contribution in [2.24, 2.45) is 11.8 Å². The summed E-state index contributed by atoms with van der Waals surface area (Å²) in [7, 11) is -0.952. The maximum Gasteiger partial charge on any atom is 0.150 e. The van der Waals surface area contributed by atoms with Gasteiger partial charge in [0.15, 0.2) is 9.84 Å². The molecule has 1 saturated heterocycles. The molecule has 0 radical (unpaired) electrons. The first-order chi connectivity index (χ1) is 9.88. The van der Waals surface area contributed by atoms with Gasteiger partial charge in [-0.15, -0.1) is 0 Å². The summed E-state index contributed by atoms with van der Waals surface area (Å²) in [5, 5.41) is 8.35. The fraction of sp³-hybridized carbons (Fsp3) is 0.786. The van der Waals surface area contributed by atoms with Crippen LogP contribution in [0.15, 0.2) is 0 Å². The lowest BCUT2D eigenvalue weighted by atomic mass is 9.87. The highest BCUT2D eigenvalue weighted by Gasteiger charge is 2.34. The number of rotatable bonds is 6. The normalized spacial score (nSPS) is 22.6. The molecule has 1 aromatic rings. The van der Waals surface area contributed by atoms with Crippen LogP contribution in [-0.2, 0) is 22.8 Å². The average Bonchev–Trinajstić information content (AvgIpc) is 2.92. The molecule has 0 bridgehead atoms. The number of sulfone groups is 1. The Bertz CT molecular complexity index is 598. The summed E-state index contributed by atoms with van der Waals surface area (Å²) in [4.78, 5) is 0. The van der Waals surface area contributed by atoms with E-state index in [1.54, 1.807) is 0 Å². The Balaban J connectivity index is 2.21. The smallest absolute Gasteiger partial charge is 0.150 e. The van der Waals surface area contributed by atoms with Gasteiger partial charge in [0.1, 0.15) is 0 Å². The van der Waals surface area contributed by atoms with E-state index in [9.17, 15) is 8.42 Å². The zero-order valence-corrected chi connectivity index (χ0v) is 14.5. The highest BCUT2D eigenvalue weighted by molar-refractivity contribution is 7.91. The van der Waals surface area contributed by atoms with Gasteiger partial charge < -0.3 is 5.32 Å². The van der Waals surface area contributed by atoms with Crippen molar-refractivity contribution in [3.8, 4) is 0 Å². The second-order valence-corrected chi connectivity index (χ2v) is 8.45. The summed E-state index contributed by atoms with van der Waals surface area (Å²) < 4.78 is 25.4. The van der Waals surface area contributed by atoms with Crippen LogP contribution >= 0.6 is 11.6 Å². The topological polar surface area (TPSA) is 64.0 Å². The van der Waals surface area contributed by atoms with Gasteiger partial charge in [-0.25, -0.2) is 8.42 Å². The average molecular weight is 334 g/mol. The minimum Gasteiger partial charge on any atom is -0.319 e.